The van der Waals surface area contributed by atoms with E-state index in [1.54, 1.807) is 6.92 Å². The standard InChI is InChI=1S/C12H17FN2O2/c1-8(9-5-6-10(13)14-7-9)17-11(16)15-12(2,3)4/h5-8H,1-4H3,(H,15,16). The van der Waals surface area contributed by atoms with Crippen molar-refractivity contribution in [3.05, 3.63) is 29.8 Å². The van der Waals surface area contributed by atoms with E-state index in [1.165, 1.54) is 18.3 Å². The number of ether oxygens (including phenoxy) is 1. The average Bonchev–Trinajstić information content (AvgIpc) is 2.15. The number of carbonyl (C=O) groups is 1. The molecule has 0 saturated heterocycles. The second-order valence-corrected chi connectivity index (χ2v) is 4.84. The molecule has 0 aliphatic carbocycles. The average molecular weight is 240 g/mol. The fraction of sp³-hybridized carbons (Fsp3) is 0.500. The summed E-state index contributed by atoms with van der Waals surface area (Å²) in [5.41, 5.74) is 0.299. The van der Waals surface area contributed by atoms with Gasteiger partial charge in [-0.25, -0.2) is 9.78 Å². The molecule has 1 rings (SSSR count). The third-order valence-corrected chi connectivity index (χ3v) is 1.98. The van der Waals surface area contributed by atoms with E-state index >= 15 is 0 Å². The first-order chi connectivity index (χ1) is 7.78. The molecule has 0 aliphatic heterocycles. The Hall–Kier alpha value is -1.65. The summed E-state index contributed by atoms with van der Waals surface area (Å²) in [5.74, 6) is -0.555. The minimum Gasteiger partial charge on any atom is -0.442 e. The van der Waals surface area contributed by atoms with Crippen molar-refractivity contribution in [2.24, 2.45) is 0 Å². The number of alkyl carbamates (subject to hydrolysis) is 1. The van der Waals surface area contributed by atoms with Gasteiger partial charge < -0.3 is 10.1 Å². The van der Waals surface area contributed by atoms with E-state index in [9.17, 15) is 9.18 Å². The molecule has 0 radical (unpaired) electrons. The van der Waals surface area contributed by atoms with Gasteiger partial charge in [0.2, 0.25) is 5.95 Å². The normalized spacial score (nSPS) is 13.0. The Kier molecular flexibility index (Phi) is 4.04. The van der Waals surface area contributed by atoms with Gasteiger partial charge in [-0.3, -0.25) is 0 Å². The highest BCUT2D eigenvalue weighted by Gasteiger charge is 2.17. The summed E-state index contributed by atoms with van der Waals surface area (Å²) in [4.78, 5) is 15.0. The number of aromatic nitrogens is 1. The molecule has 0 bridgehead atoms. The molecule has 4 nitrogen and oxygen atoms in total. The summed E-state index contributed by atoms with van der Waals surface area (Å²) in [6.07, 6.45) is 0.379. The van der Waals surface area contributed by atoms with Gasteiger partial charge in [0.05, 0.1) is 0 Å². The summed E-state index contributed by atoms with van der Waals surface area (Å²) < 4.78 is 17.7. The minimum atomic E-state index is -0.555. The van der Waals surface area contributed by atoms with Crippen molar-refractivity contribution < 1.29 is 13.9 Å². The molecule has 1 atom stereocenters. The number of carbonyl (C=O) groups excluding carboxylic acids is 1. The molecule has 94 valence electrons. The van der Waals surface area contributed by atoms with Gasteiger partial charge >= 0.3 is 6.09 Å². The highest BCUT2D eigenvalue weighted by Crippen LogP contribution is 2.16. The smallest absolute Gasteiger partial charge is 0.408 e. The molecule has 5 heteroatoms. The van der Waals surface area contributed by atoms with Gasteiger partial charge in [-0.15, -0.1) is 0 Å². The third kappa shape index (κ3) is 4.80. The zero-order chi connectivity index (χ0) is 13.1. The van der Waals surface area contributed by atoms with Crippen LogP contribution < -0.4 is 5.32 Å². The molecular weight excluding hydrogens is 223 g/mol. The Morgan fingerprint density at radius 2 is 2.12 bits per heavy atom. The number of pyridine rings is 1. The van der Waals surface area contributed by atoms with Crippen LogP contribution in [0.1, 0.15) is 39.4 Å². The van der Waals surface area contributed by atoms with E-state index in [0.717, 1.165) is 0 Å². The third-order valence-electron chi connectivity index (χ3n) is 1.98. The van der Waals surface area contributed by atoms with E-state index in [1.807, 2.05) is 20.8 Å². The van der Waals surface area contributed by atoms with Gasteiger partial charge in [-0.2, -0.15) is 4.39 Å². The van der Waals surface area contributed by atoms with Crippen LogP contribution in [0.5, 0.6) is 0 Å². The summed E-state index contributed by atoms with van der Waals surface area (Å²) in [6.45, 7) is 7.28. The van der Waals surface area contributed by atoms with Crippen LogP contribution in [0.4, 0.5) is 9.18 Å². The molecule has 1 heterocycles. The second kappa shape index (κ2) is 5.12. The second-order valence-electron chi connectivity index (χ2n) is 4.84. The summed E-state index contributed by atoms with van der Waals surface area (Å²) in [5, 5.41) is 2.68. The lowest BCUT2D eigenvalue weighted by Crippen LogP contribution is -2.41. The number of rotatable bonds is 2. The van der Waals surface area contributed by atoms with Crippen molar-refractivity contribution in [3.63, 3.8) is 0 Å². The van der Waals surface area contributed by atoms with Crippen LogP contribution in [0.25, 0.3) is 0 Å². The van der Waals surface area contributed by atoms with Gasteiger partial charge in [0.25, 0.3) is 0 Å². The van der Waals surface area contributed by atoms with Crippen molar-refractivity contribution >= 4 is 6.09 Å². The van der Waals surface area contributed by atoms with Crippen LogP contribution in [-0.2, 0) is 4.74 Å². The Morgan fingerprint density at radius 1 is 1.47 bits per heavy atom. The van der Waals surface area contributed by atoms with Gasteiger partial charge in [-0.05, 0) is 39.8 Å². The maximum atomic E-state index is 12.6. The summed E-state index contributed by atoms with van der Waals surface area (Å²) in [6, 6.07) is 2.77. The van der Waals surface area contributed by atoms with Crippen LogP contribution in [0.3, 0.4) is 0 Å². The zero-order valence-electron chi connectivity index (χ0n) is 10.5. The summed E-state index contributed by atoms with van der Waals surface area (Å²) >= 11 is 0. The van der Waals surface area contributed by atoms with Crippen molar-refractivity contribution in [1.82, 2.24) is 10.3 Å². The Balaban J connectivity index is 2.57. The molecule has 1 amide bonds. The van der Waals surface area contributed by atoms with Gasteiger partial charge in [-0.1, -0.05) is 0 Å². The van der Waals surface area contributed by atoms with E-state index in [-0.39, 0.29) is 5.54 Å². The molecule has 1 unspecified atom stereocenters. The van der Waals surface area contributed by atoms with Crippen LogP contribution in [0.2, 0.25) is 0 Å². The predicted molar refractivity (Wildman–Crippen MR) is 62.0 cm³/mol. The SMILES string of the molecule is CC(OC(=O)NC(C)(C)C)c1ccc(F)nc1. The number of hydrogen-bond acceptors (Lipinski definition) is 3. The molecule has 1 aromatic heterocycles. The van der Waals surface area contributed by atoms with Crippen LogP contribution >= 0.6 is 0 Å². The Morgan fingerprint density at radius 3 is 2.59 bits per heavy atom. The fourth-order valence-electron chi connectivity index (χ4n) is 1.19. The van der Waals surface area contributed by atoms with Gasteiger partial charge in [0.15, 0.2) is 0 Å². The van der Waals surface area contributed by atoms with E-state index < -0.39 is 18.1 Å². The maximum Gasteiger partial charge on any atom is 0.408 e. The van der Waals surface area contributed by atoms with Crippen molar-refractivity contribution in [2.75, 3.05) is 0 Å². The lowest BCUT2D eigenvalue weighted by atomic mass is 10.1. The lowest BCUT2D eigenvalue weighted by molar-refractivity contribution is 0.0998. The molecule has 17 heavy (non-hydrogen) atoms. The van der Waals surface area contributed by atoms with Crippen LogP contribution in [0, 0.1) is 5.95 Å². The van der Waals surface area contributed by atoms with Gasteiger partial charge in [0, 0.05) is 17.3 Å². The van der Waals surface area contributed by atoms with E-state index in [4.69, 9.17) is 4.74 Å². The molecule has 0 fully saturated rings. The largest absolute Gasteiger partial charge is 0.442 e. The molecule has 0 aromatic carbocycles. The number of amides is 1. The first-order valence-corrected chi connectivity index (χ1v) is 5.38. The first kappa shape index (κ1) is 13.4. The van der Waals surface area contributed by atoms with E-state index in [0.29, 0.717) is 5.56 Å². The number of nitrogens with zero attached hydrogens (tertiary/aromatic N) is 1. The Labute approximate surface area is 100 Å². The fourth-order valence-corrected chi connectivity index (χ4v) is 1.19. The Bertz CT molecular complexity index is 384. The molecular formula is C12H17FN2O2. The topological polar surface area (TPSA) is 51.2 Å². The summed E-state index contributed by atoms with van der Waals surface area (Å²) in [7, 11) is 0. The monoisotopic (exact) mass is 240 g/mol. The van der Waals surface area contributed by atoms with Crippen LogP contribution in [0.15, 0.2) is 18.3 Å². The van der Waals surface area contributed by atoms with Crippen LogP contribution in [-0.4, -0.2) is 16.6 Å². The quantitative estimate of drug-likeness (QED) is 0.809. The number of nitrogens with one attached hydrogen (secondary N) is 1. The number of halogens is 1. The molecule has 0 aliphatic rings. The number of hydrogen-bond donors (Lipinski definition) is 1. The lowest BCUT2D eigenvalue weighted by Gasteiger charge is -2.22. The highest BCUT2D eigenvalue weighted by atomic mass is 19.1. The molecule has 1 aromatic rings. The van der Waals surface area contributed by atoms with Crippen molar-refractivity contribution in [3.8, 4) is 0 Å². The molecule has 0 spiro atoms. The molecule has 1 N–H and O–H groups in total. The van der Waals surface area contributed by atoms with Crippen molar-refractivity contribution in [1.29, 1.82) is 0 Å². The molecule has 0 saturated carbocycles. The first-order valence-electron chi connectivity index (χ1n) is 5.38. The van der Waals surface area contributed by atoms with Crippen molar-refractivity contribution in [2.45, 2.75) is 39.3 Å². The minimum absolute atomic E-state index is 0.349. The zero-order valence-corrected chi connectivity index (χ0v) is 10.5. The van der Waals surface area contributed by atoms with E-state index in [2.05, 4.69) is 10.3 Å². The highest BCUT2D eigenvalue weighted by molar-refractivity contribution is 5.68. The van der Waals surface area contributed by atoms with Gasteiger partial charge in [0.1, 0.15) is 6.10 Å². The predicted octanol–water partition coefficient (Wildman–Crippen LogP) is 2.81. The maximum absolute atomic E-state index is 12.6.